The lowest BCUT2D eigenvalue weighted by Gasteiger charge is -2.32. The van der Waals surface area contributed by atoms with E-state index in [1.807, 2.05) is 44.2 Å². The van der Waals surface area contributed by atoms with E-state index >= 15 is 0 Å². The van der Waals surface area contributed by atoms with Crippen LogP contribution in [0.5, 0.6) is 0 Å². The first-order valence-corrected chi connectivity index (χ1v) is 11.0. The lowest BCUT2D eigenvalue weighted by atomic mass is 9.93. The van der Waals surface area contributed by atoms with E-state index in [1.54, 1.807) is 12.1 Å². The van der Waals surface area contributed by atoms with Gasteiger partial charge in [-0.25, -0.2) is 4.39 Å². The van der Waals surface area contributed by atoms with Crippen molar-refractivity contribution in [1.29, 1.82) is 0 Å². The Labute approximate surface area is 186 Å². The van der Waals surface area contributed by atoms with E-state index in [4.69, 9.17) is 4.74 Å². The van der Waals surface area contributed by atoms with Crippen LogP contribution in [-0.2, 0) is 4.74 Å². The van der Waals surface area contributed by atoms with Crippen molar-refractivity contribution in [2.45, 2.75) is 45.0 Å². The Morgan fingerprint density at radius 1 is 1.26 bits per heavy atom. The van der Waals surface area contributed by atoms with Crippen molar-refractivity contribution in [1.82, 2.24) is 0 Å². The third kappa shape index (κ3) is 5.66. The largest absolute Gasteiger partial charge is 0.394 e. The zero-order valence-electron chi connectivity index (χ0n) is 17.7. The number of allylic oxidation sites excluding steroid dienone is 5. The summed E-state index contributed by atoms with van der Waals surface area (Å²) in [5.74, 6) is -0.627. The van der Waals surface area contributed by atoms with Crippen LogP contribution in [0, 0.1) is 6.92 Å². The lowest BCUT2D eigenvalue weighted by Crippen LogP contribution is -2.33. The quantitative estimate of drug-likeness (QED) is 0.451. The summed E-state index contributed by atoms with van der Waals surface area (Å²) in [5.41, 5.74) is 3.04. The van der Waals surface area contributed by atoms with Gasteiger partial charge in [0.25, 0.3) is 0 Å². The van der Waals surface area contributed by atoms with Gasteiger partial charge in [-0.05, 0) is 54.8 Å². The summed E-state index contributed by atoms with van der Waals surface area (Å²) in [6.07, 6.45) is 4.27. The molecule has 1 saturated heterocycles. The SMILES string of the molecule is C=C(F)/C=C\C(=C/C)c1ccc(C(=O)c2cc(C3CC(O)CC(CO)O3)ccc2C)s1. The number of carbonyl (C=O) groups is 1. The van der Waals surface area contributed by atoms with Crippen molar-refractivity contribution in [2.75, 3.05) is 6.61 Å². The smallest absolute Gasteiger partial charge is 0.203 e. The predicted molar refractivity (Wildman–Crippen MR) is 122 cm³/mol. The number of carbonyl (C=O) groups excluding carboxylic acids is 1. The van der Waals surface area contributed by atoms with Gasteiger partial charge in [0.2, 0.25) is 5.78 Å². The highest BCUT2D eigenvalue weighted by Crippen LogP contribution is 2.34. The van der Waals surface area contributed by atoms with Crippen molar-refractivity contribution in [3.05, 3.63) is 87.4 Å². The maximum absolute atomic E-state index is 13.2. The molecule has 3 rings (SSSR count). The third-order valence-electron chi connectivity index (χ3n) is 5.33. The number of halogens is 1. The molecule has 1 aliphatic rings. The zero-order chi connectivity index (χ0) is 22.5. The number of hydrogen-bond donors (Lipinski definition) is 2. The van der Waals surface area contributed by atoms with E-state index < -0.39 is 18.0 Å². The van der Waals surface area contributed by atoms with Crippen molar-refractivity contribution < 1.29 is 24.1 Å². The van der Waals surface area contributed by atoms with E-state index in [0.717, 1.165) is 21.6 Å². The zero-order valence-corrected chi connectivity index (χ0v) is 18.5. The number of aliphatic hydroxyl groups is 2. The average Bonchev–Trinajstić information content (AvgIpc) is 3.23. The van der Waals surface area contributed by atoms with Crippen LogP contribution in [0.15, 0.2) is 61.0 Å². The second kappa shape index (κ2) is 10.3. The van der Waals surface area contributed by atoms with Crippen LogP contribution in [0.3, 0.4) is 0 Å². The van der Waals surface area contributed by atoms with Crippen LogP contribution >= 0.6 is 11.3 Å². The molecule has 6 heteroatoms. The Hall–Kier alpha value is -2.38. The Morgan fingerprint density at radius 2 is 2.00 bits per heavy atom. The van der Waals surface area contributed by atoms with E-state index in [2.05, 4.69) is 6.58 Å². The molecular weight excluding hydrogens is 415 g/mol. The van der Waals surface area contributed by atoms with Crippen molar-refractivity contribution >= 4 is 22.7 Å². The molecule has 0 spiro atoms. The fourth-order valence-electron chi connectivity index (χ4n) is 3.66. The molecule has 0 aliphatic carbocycles. The molecule has 2 N–H and O–H groups in total. The molecular formula is C25H27FO4S. The van der Waals surface area contributed by atoms with Gasteiger partial charge in [0.1, 0.15) is 5.83 Å². The first-order valence-electron chi connectivity index (χ1n) is 10.2. The molecule has 3 unspecified atom stereocenters. The summed E-state index contributed by atoms with van der Waals surface area (Å²) in [6, 6.07) is 9.22. The van der Waals surface area contributed by atoms with Crippen LogP contribution in [0.25, 0.3) is 5.57 Å². The van der Waals surface area contributed by atoms with Crippen LogP contribution in [0.1, 0.15) is 57.1 Å². The topological polar surface area (TPSA) is 66.8 Å². The molecule has 31 heavy (non-hydrogen) atoms. The molecule has 0 radical (unpaired) electrons. The summed E-state index contributed by atoms with van der Waals surface area (Å²) in [6.45, 7) is 6.81. The van der Waals surface area contributed by atoms with Gasteiger partial charge in [-0.15, -0.1) is 11.3 Å². The second-order valence-corrected chi connectivity index (χ2v) is 8.73. The minimum absolute atomic E-state index is 0.0972. The molecule has 1 fully saturated rings. The highest BCUT2D eigenvalue weighted by molar-refractivity contribution is 7.15. The molecule has 1 aromatic carbocycles. The monoisotopic (exact) mass is 442 g/mol. The maximum atomic E-state index is 13.2. The molecule has 1 aromatic heterocycles. The minimum Gasteiger partial charge on any atom is -0.394 e. The lowest BCUT2D eigenvalue weighted by molar-refractivity contribution is -0.113. The Morgan fingerprint density at radius 3 is 2.68 bits per heavy atom. The van der Waals surface area contributed by atoms with Gasteiger partial charge in [0.05, 0.1) is 29.8 Å². The van der Waals surface area contributed by atoms with Gasteiger partial charge in [-0.3, -0.25) is 4.79 Å². The fraction of sp³-hybridized carbons (Fsp3) is 0.320. The normalized spacial score (nSPS) is 22.1. The Balaban J connectivity index is 1.86. The molecule has 164 valence electrons. The molecule has 2 heterocycles. The number of hydrogen-bond acceptors (Lipinski definition) is 5. The van der Waals surface area contributed by atoms with Crippen LogP contribution in [-0.4, -0.2) is 34.8 Å². The third-order valence-corrected chi connectivity index (χ3v) is 6.46. The summed E-state index contributed by atoms with van der Waals surface area (Å²) in [7, 11) is 0. The first-order chi connectivity index (χ1) is 14.8. The Bertz CT molecular complexity index is 1020. The summed E-state index contributed by atoms with van der Waals surface area (Å²) in [5, 5.41) is 19.5. The van der Waals surface area contributed by atoms with Crippen LogP contribution < -0.4 is 0 Å². The molecule has 1 aliphatic heterocycles. The highest BCUT2D eigenvalue weighted by Gasteiger charge is 2.29. The van der Waals surface area contributed by atoms with E-state index in [0.29, 0.717) is 23.3 Å². The van der Waals surface area contributed by atoms with Gasteiger partial charge in [0.15, 0.2) is 0 Å². The average molecular weight is 443 g/mol. The number of rotatable bonds is 7. The van der Waals surface area contributed by atoms with Gasteiger partial charge in [-0.1, -0.05) is 30.9 Å². The molecule has 4 nitrogen and oxygen atoms in total. The molecule has 0 saturated carbocycles. The maximum Gasteiger partial charge on any atom is 0.203 e. The molecule has 2 aromatic rings. The van der Waals surface area contributed by atoms with E-state index in [-0.39, 0.29) is 18.5 Å². The highest BCUT2D eigenvalue weighted by atomic mass is 32.1. The van der Waals surface area contributed by atoms with E-state index in [1.165, 1.54) is 17.4 Å². The molecule has 3 atom stereocenters. The van der Waals surface area contributed by atoms with Crippen molar-refractivity contribution in [2.24, 2.45) is 0 Å². The second-order valence-electron chi connectivity index (χ2n) is 7.65. The van der Waals surface area contributed by atoms with Gasteiger partial charge < -0.3 is 14.9 Å². The number of ketones is 1. The summed E-state index contributed by atoms with van der Waals surface area (Å²) in [4.78, 5) is 14.7. The number of ether oxygens (including phenoxy) is 1. The standard InChI is InChI=1S/C25H27FO4S/c1-4-17(8-6-16(3)26)23-9-10-24(31-23)25(29)21-11-18(7-5-15(21)2)22-13-19(28)12-20(14-27)30-22/h4-11,19-20,22,27-28H,3,12-14H2,1-2H3/b8-6-,17-4+. The van der Waals surface area contributed by atoms with Crippen LogP contribution in [0.2, 0.25) is 0 Å². The van der Waals surface area contributed by atoms with Gasteiger partial charge in [-0.2, -0.15) is 0 Å². The van der Waals surface area contributed by atoms with Gasteiger partial charge >= 0.3 is 0 Å². The molecule has 0 bridgehead atoms. The minimum atomic E-state index is -0.552. The number of thiophene rings is 1. The fourth-order valence-corrected chi connectivity index (χ4v) is 4.67. The van der Waals surface area contributed by atoms with Crippen molar-refractivity contribution in [3.63, 3.8) is 0 Å². The van der Waals surface area contributed by atoms with E-state index in [9.17, 15) is 19.4 Å². The van der Waals surface area contributed by atoms with Gasteiger partial charge in [0, 0.05) is 23.3 Å². The van der Waals surface area contributed by atoms with Crippen LogP contribution in [0.4, 0.5) is 4.39 Å². The summed E-state index contributed by atoms with van der Waals surface area (Å²) < 4.78 is 18.9. The molecule has 0 amide bonds. The first kappa shape index (κ1) is 23.3. The van der Waals surface area contributed by atoms with Crippen molar-refractivity contribution in [3.8, 4) is 0 Å². The summed E-state index contributed by atoms with van der Waals surface area (Å²) >= 11 is 1.35. The predicted octanol–water partition coefficient (Wildman–Crippen LogP) is 5.30. The number of aryl methyl sites for hydroxylation is 1. The Kier molecular flexibility index (Phi) is 7.73. The number of benzene rings is 1. The number of aliphatic hydroxyl groups excluding tert-OH is 2.